The fraction of sp³-hybridized carbons (Fsp3) is 0.474. The van der Waals surface area contributed by atoms with E-state index in [1.807, 2.05) is 24.0 Å². The van der Waals surface area contributed by atoms with Gasteiger partial charge in [0.25, 0.3) is 0 Å². The van der Waals surface area contributed by atoms with Crippen molar-refractivity contribution in [1.29, 1.82) is 0 Å². The van der Waals surface area contributed by atoms with Crippen LogP contribution in [-0.4, -0.2) is 26.9 Å². The van der Waals surface area contributed by atoms with Gasteiger partial charge in [0, 0.05) is 42.5 Å². The third-order valence-electron chi connectivity index (χ3n) is 5.26. The summed E-state index contributed by atoms with van der Waals surface area (Å²) in [6.45, 7) is 5.79. The van der Waals surface area contributed by atoms with Crippen LogP contribution in [0.5, 0.6) is 0 Å². The molecule has 1 amide bonds. The number of rotatable bonds is 3. The van der Waals surface area contributed by atoms with Crippen LogP contribution in [0.15, 0.2) is 24.5 Å². The van der Waals surface area contributed by atoms with Gasteiger partial charge in [-0.25, -0.2) is 9.97 Å². The third kappa shape index (κ3) is 2.86. The molecule has 6 nitrogen and oxygen atoms in total. The molecule has 1 saturated carbocycles. The first-order valence-electron chi connectivity index (χ1n) is 8.78. The van der Waals surface area contributed by atoms with Gasteiger partial charge in [-0.15, -0.1) is 0 Å². The number of amides is 1. The van der Waals surface area contributed by atoms with Gasteiger partial charge < -0.3 is 10.2 Å². The first kappa shape index (κ1) is 16.0. The number of aromatic nitrogens is 3. The van der Waals surface area contributed by atoms with E-state index in [1.165, 1.54) is 12.8 Å². The predicted octanol–water partition coefficient (Wildman–Crippen LogP) is 2.91. The van der Waals surface area contributed by atoms with Crippen LogP contribution in [0, 0.1) is 25.0 Å². The Morgan fingerprint density at radius 1 is 1.40 bits per heavy atom. The lowest BCUT2D eigenvalue weighted by atomic mass is 9.80. The second-order valence-corrected chi connectivity index (χ2v) is 7.09. The lowest BCUT2D eigenvalue weighted by Crippen LogP contribution is -2.51. The SMILES string of the molecule is CC(=O)N1c2c[c]ncc2[C@H](Nc2nccc(C)n2)[C@@H](C)[C@@H]1C1CC1. The Morgan fingerprint density at radius 3 is 2.88 bits per heavy atom. The Morgan fingerprint density at radius 2 is 2.20 bits per heavy atom. The average molecular weight is 336 g/mol. The summed E-state index contributed by atoms with van der Waals surface area (Å²) in [5.74, 6) is 1.48. The van der Waals surface area contributed by atoms with E-state index in [-0.39, 0.29) is 23.9 Å². The Kier molecular flexibility index (Phi) is 3.90. The smallest absolute Gasteiger partial charge is 0.224 e. The van der Waals surface area contributed by atoms with Gasteiger partial charge in [-0.1, -0.05) is 6.92 Å². The summed E-state index contributed by atoms with van der Waals surface area (Å²) in [6.07, 6.45) is 8.81. The molecule has 1 radical (unpaired) electrons. The maximum absolute atomic E-state index is 12.4. The number of nitrogens with zero attached hydrogens (tertiary/aromatic N) is 4. The van der Waals surface area contributed by atoms with E-state index < -0.39 is 0 Å². The van der Waals surface area contributed by atoms with Gasteiger partial charge in [0.05, 0.1) is 17.9 Å². The number of hydrogen-bond acceptors (Lipinski definition) is 5. The number of aryl methyl sites for hydroxylation is 1. The molecule has 0 unspecified atom stereocenters. The van der Waals surface area contributed by atoms with Crippen LogP contribution in [0.1, 0.15) is 44.0 Å². The number of pyridine rings is 1. The molecule has 1 fully saturated rings. The quantitative estimate of drug-likeness (QED) is 0.933. The van der Waals surface area contributed by atoms with Crippen molar-refractivity contribution in [2.75, 3.05) is 10.2 Å². The van der Waals surface area contributed by atoms with E-state index in [0.29, 0.717) is 11.9 Å². The van der Waals surface area contributed by atoms with Crippen LogP contribution in [0.2, 0.25) is 0 Å². The van der Waals surface area contributed by atoms with E-state index >= 15 is 0 Å². The molecule has 0 saturated heterocycles. The van der Waals surface area contributed by atoms with Gasteiger partial charge in [0.1, 0.15) is 0 Å². The van der Waals surface area contributed by atoms with E-state index in [0.717, 1.165) is 16.9 Å². The Labute approximate surface area is 147 Å². The highest BCUT2D eigenvalue weighted by Gasteiger charge is 2.47. The Bertz CT molecular complexity index is 804. The zero-order valence-electron chi connectivity index (χ0n) is 14.7. The first-order valence-corrected chi connectivity index (χ1v) is 8.78. The van der Waals surface area contributed by atoms with E-state index in [1.54, 1.807) is 19.3 Å². The van der Waals surface area contributed by atoms with Gasteiger partial charge in [-0.2, -0.15) is 0 Å². The minimum atomic E-state index is 0.0140. The number of anilines is 2. The van der Waals surface area contributed by atoms with Crippen LogP contribution in [0.4, 0.5) is 11.6 Å². The molecule has 2 aliphatic rings. The number of carbonyl (C=O) groups excluding carboxylic acids is 1. The minimum absolute atomic E-state index is 0.0140. The molecule has 2 aromatic heterocycles. The Hall–Kier alpha value is -2.50. The van der Waals surface area contributed by atoms with Gasteiger partial charge in [-0.3, -0.25) is 9.78 Å². The highest BCUT2D eigenvalue weighted by molar-refractivity contribution is 5.94. The number of nitrogens with one attached hydrogen (secondary N) is 1. The number of hydrogen-bond donors (Lipinski definition) is 1. The standard InChI is InChI=1S/C19H22N5O/c1-11-6-9-21-19(22-11)23-17-12(2)18(14-4-5-14)24(13(3)25)16-7-8-20-10-15(16)17/h6-7,9-10,12,14,17-18H,4-5H2,1-3H3,(H,21,22,23)/t12-,17-,18-/m1/s1. The summed E-state index contributed by atoms with van der Waals surface area (Å²) in [4.78, 5) is 27.4. The monoisotopic (exact) mass is 336 g/mol. The molecular weight excluding hydrogens is 314 g/mol. The molecule has 25 heavy (non-hydrogen) atoms. The third-order valence-corrected chi connectivity index (χ3v) is 5.26. The molecule has 0 aromatic carbocycles. The summed E-state index contributed by atoms with van der Waals surface area (Å²) in [5, 5.41) is 3.49. The van der Waals surface area contributed by atoms with E-state index in [2.05, 4.69) is 33.4 Å². The van der Waals surface area contributed by atoms with Gasteiger partial charge >= 0.3 is 0 Å². The topological polar surface area (TPSA) is 71.0 Å². The molecule has 1 aliphatic heterocycles. The molecule has 1 aliphatic carbocycles. The van der Waals surface area contributed by atoms with Crippen molar-refractivity contribution in [3.05, 3.63) is 42.0 Å². The molecule has 0 bridgehead atoms. The van der Waals surface area contributed by atoms with Crippen molar-refractivity contribution in [3.8, 4) is 0 Å². The van der Waals surface area contributed by atoms with Crippen LogP contribution in [-0.2, 0) is 4.79 Å². The normalized spacial score (nSPS) is 25.4. The van der Waals surface area contributed by atoms with Crippen molar-refractivity contribution in [2.24, 2.45) is 11.8 Å². The summed E-state index contributed by atoms with van der Waals surface area (Å²) in [6, 6.07) is 3.90. The molecular formula is C19H22N5O. The van der Waals surface area contributed by atoms with E-state index in [4.69, 9.17) is 0 Å². The highest BCUT2D eigenvalue weighted by Crippen LogP contribution is 2.49. The zero-order valence-corrected chi connectivity index (χ0v) is 14.7. The number of fused-ring (bicyclic) bond motifs is 1. The van der Waals surface area contributed by atoms with Gasteiger partial charge in [0.2, 0.25) is 11.9 Å². The molecule has 2 aromatic rings. The van der Waals surface area contributed by atoms with Crippen LogP contribution < -0.4 is 10.2 Å². The fourth-order valence-corrected chi connectivity index (χ4v) is 4.00. The maximum atomic E-state index is 12.4. The largest absolute Gasteiger partial charge is 0.347 e. The average Bonchev–Trinajstić information content (AvgIpc) is 3.41. The highest BCUT2D eigenvalue weighted by atomic mass is 16.2. The molecule has 129 valence electrons. The van der Waals surface area contributed by atoms with Crippen LogP contribution >= 0.6 is 0 Å². The summed E-state index contributed by atoms with van der Waals surface area (Å²) in [7, 11) is 0. The van der Waals surface area contributed by atoms with Crippen molar-refractivity contribution in [3.63, 3.8) is 0 Å². The van der Waals surface area contributed by atoms with Crippen molar-refractivity contribution < 1.29 is 4.79 Å². The first-order chi connectivity index (χ1) is 12.1. The molecule has 3 atom stereocenters. The summed E-state index contributed by atoms with van der Waals surface area (Å²) < 4.78 is 0. The molecule has 6 heteroatoms. The summed E-state index contributed by atoms with van der Waals surface area (Å²) in [5.41, 5.74) is 2.83. The predicted molar refractivity (Wildman–Crippen MR) is 95.0 cm³/mol. The van der Waals surface area contributed by atoms with Crippen molar-refractivity contribution in [2.45, 2.75) is 45.7 Å². The van der Waals surface area contributed by atoms with Gasteiger partial charge in [-0.05, 0) is 37.8 Å². The minimum Gasteiger partial charge on any atom is -0.347 e. The second kappa shape index (κ2) is 6.10. The van der Waals surface area contributed by atoms with E-state index in [9.17, 15) is 4.79 Å². The lowest BCUT2D eigenvalue weighted by molar-refractivity contribution is -0.117. The number of carbonyl (C=O) groups is 1. The van der Waals surface area contributed by atoms with Gasteiger partial charge in [0.15, 0.2) is 0 Å². The molecule has 1 N–H and O–H groups in total. The van der Waals surface area contributed by atoms with Crippen molar-refractivity contribution >= 4 is 17.5 Å². The van der Waals surface area contributed by atoms with Crippen LogP contribution in [0.3, 0.4) is 0 Å². The van der Waals surface area contributed by atoms with Crippen molar-refractivity contribution in [1.82, 2.24) is 15.0 Å². The molecule has 0 spiro atoms. The van der Waals surface area contributed by atoms with Crippen LogP contribution in [0.25, 0.3) is 0 Å². The zero-order chi connectivity index (χ0) is 17.6. The lowest BCUT2D eigenvalue weighted by Gasteiger charge is -2.45. The fourth-order valence-electron chi connectivity index (χ4n) is 4.00. The molecule has 4 rings (SSSR count). The summed E-state index contributed by atoms with van der Waals surface area (Å²) >= 11 is 0. The second-order valence-electron chi connectivity index (χ2n) is 7.09. The maximum Gasteiger partial charge on any atom is 0.224 e. The Balaban J connectivity index is 1.77. The molecule has 3 heterocycles.